The Balaban J connectivity index is 2.72. The number of ether oxygens (including phenoxy) is 3. The van der Waals surface area contributed by atoms with Gasteiger partial charge in [0.15, 0.2) is 5.78 Å². The maximum atomic E-state index is 13.3. The second kappa shape index (κ2) is 12.8. The molecule has 0 aliphatic heterocycles. The molecular formula is C36H50O6. The van der Waals surface area contributed by atoms with Crippen LogP contribution in [0.2, 0.25) is 0 Å². The Morgan fingerprint density at radius 2 is 1.17 bits per heavy atom. The van der Waals surface area contributed by atoms with Gasteiger partial charge in [0.25, 0.3) is 0 Å². The second-order valence-electron chi connectivity index (χ2n) is 14.9. The molecule has 0 N–H and O–H groups in total. The van der Waals surface area contributed by atoms with Crippen LogP contribution in [0, 0.1) is 10.8 Å². The van der Waals surface area contributed by atoms with E-state index >= 15 is 0 Å². The van der Waals surface area contributed by atoms with Crippen LogP contribution in [-0.2, 0) is 20.4 Å². The first-order valence-corrected chi connectivity index (χ1v) is 14.7. The monoisotopic (exact) mass is 578 g/mol. The fourth-order valence-electron chi connectivity index (χ4n) is 3.85. The van der Waals surface area contributed by atoms with Crippen molar-refractivity contribution in [3.63, 3.8) is 0 Å². The topological polar surface area (TPSA) is 78.9 Å². The molecule has 0 saturated heterocycles. The predicted molar refractivity (Wildman–Crippen MR) is 170 cm³/mol. The van der Waals surface area contributed by atoms with Gasteiger partial charge in [0.05, 0.1) is 23.0 Å². The zero-order valence-corrected chi connectivity index (χ0v) is 27.9. The molecule has 0 aliphatic carbocycles. The number of hydrogen-bond acceptors (Lipinski definition) is 6. The summed E-state index contributed by atoms with van der Waals surface area (Å²) >= 11 is 0. The molecule has 0 fully saturated rings. The minimum atomic E-state index is -0.739. The molecule has 0 amide bonds. The van der Waals surface area contributed by atoms with Crippen molar-refractivity contribution in [3.05, 3.63) is 58.7 Å². The molecule has 230 valence electrons. The number of esters is 2. The minimum Gasteiger partial charge on any atom is -0.493 e. The van der Waals surface area contributed by atoms with Gasteiger partial charge >= 0.3 is 11.9 Å². The fraction of sp³-hybridized carbons (Fsp3) is 0.528. The number of allylic oxidation sites excluding steroid dienone is 1. The molecule has 0 aromatic heterocycles. The van der Waals surface area contributed by atoms with Crippen LogP contribution in [0.5, 0.6) is 17.2 Å². The zero-order valence-electron chi connectivity index (χ0n) is 27.9. The minimum absolute atomic E-state index is 0.253. The second-order valence-corrected chi connectivity index (χ2v) is 14.9. The molecule has 6 nitrogen and oxygen atoms in total. The Morgan fingerprint density at radius 1 is 0.690 bits per heavy atom. The van der Waals surface area contributed by atoms with Crippen LogP contribution in [0.15, 0.2) is 36.4 Å². The highest BCUT2D eigenvalue weighted by atomic mass is 16.5. The summed E-state index contributed by atoms with van der Waals surface area (Å²) in [7, 11) is 0. The number of benzene rings is 2. The molecule has 0 saturated carbocycles. The number of rotatable bonds is 8. The molecule has 2 aromatic carbocycles. The Morgan fingerprint density at radius 3 is 1.62 bits per heavy atom. The third-order valence-corrected chi connectivity index (χ3v) is 6.50. The van der Waals surface area contributed by atoms with E-state index in [4.69, 9.17) is 14.2 Å². The summed E-state index contributed by atoms with van der Waals surface area (Å²) in [6, 6.07) is 8.54. The molecule has 0 heterocycles. The molecule has 0 radical (unpaired) electrons. The van der Waals surface area contributed by atoms with E-state index in [0.717, 1.165) is 17.5 Å². The normalized spacial score (nSPS) is 12.8. The van der Waals surface area contributed by atoms with Gasteiger partial charge in [-0.25, -0.2) is 0 Å². The van der Waals surface area contributed by atoms with Crippen LogP contribution in [0.4, 0.5) is 0 Å². The SMILES string of the molecule is CCCOc1c(C(C)(C)C)cc(C(C)(C)C)c(OC(=O)C(C)(C)C)c1C=CC(=O)c1ccc(OC(=O)C(C)(C)C)cc1. The Hall–Kier alpha value is -3.41. The summed E-state index contributed by atoms with van der Waals surface area (Å²) in [6.45, 7) is 25.8. The van der Waals surface area contributed by atoms with Gasteiger partial charge in [0.1, 0.15) is 17.2 Å². The van der Waals surface area contributed by atoms with Crippen molar-refractivity contribution >= 4 is 23.8 Å². The summed E-state index contributed by atoms with van der Waals surface area (Å²) in [4.78, 5) is 38.8. The number of ketones is 1. The number of carbonyl (C=O) groups is 3. The van der Waals surface area contributed by atoms with Crippen molar-refractivity contribution in [2.75, 3.05) is 6.61 Å². The van der Waals surface area contributed by atoms with Gasteiger partial charge in [0, 0.05) is 16.7 Å². The van der Waals surface area contributed by atoms with Gasteiger partial charge in [-0.1, -0.05) is 48.5 Å². The quantitative estimate of drug-likeness (QED) is 0.135. The largest absolute Gasteiger partial charge is 0.493 e. The summed E-state index contributed by atoms with van der Waals surface area (Å²) in [5.41, 5.74) is 0.760. The smallest absolute Gasteiger partial charge is 0.316 e. The van der Waals surface area contributed by atoms with Crippen molar-refractivity contribution in [1.82, 2.24) is 0 Å². The third-order valence-electron chi connectivity index (χ3n) is 6.50. The van der Waals surface area contributed by atoms with Crippen molar-refractivity contribution in [3.8, 4) is 17.2 Å². The molecule has 0 spiro atoms. The Labute approximate surface area is 252 Å². The van der Waals surface area contributed by atoms with Crippen LogP contribution >= 0.6 is 0 Å². The lowest BCUT2D eigenvalue weighted by Crippen LogP contribution is -2.28. The van der Waals surface area contributed by atoms with Gasteiger partial charge in [0.2, 0.25) is 0 Å². The van der Waals surface area contributed by atoms with Crippen LogP contribution in [0.3, 0.4) is 0 Å². The Kier molecular flexibility index (Phi) is 10.6. The zero-order chi connectivity index (χ0) is 32.3. The highest BCUT2D eigenvalue weighted by molar-refractivity contribution is 6.07. The van der Waals surface area contributed by atoms with E-state index in [0.29, 0.717) is 35.0 Å². The average Bonchev–Trinajstić information content (AvgIpc) is 2.84. The van der Waals surface area contributed by atoms with Crippen LogP contribution in [-0.4, -0.2) is 24.3 Å². The van der Waals surface area contributed by atoms with Crippen molar-refractivity contribution in [2.24, 2.45) is 10.8 Å². The van der Waals surface area contributed by atoms with Crippen LogP contribution in [0.25, 0.3) is 6.08 Å². The lowest BCUT2D eigenvalue weighted by molar-refractivity contribution is -0.143. The Bertz CT molecular complexity index is 1320. The van der Waals surface area contributed by atoms with Crippen molar-refractivity contribution in [1.29, 1.82) is 0 Å². The van der Waals surface area contributed by atoms with Gasteiger partial charge in [-0.05, 0) is 101 Å². The van der Waals surface area contributed by atoms with E-state index in [1.165, 1.54) is 6.08 Å². The average molecular weight is 579 g/mol. The maximum Gasteiger partial charge on any atom is 0.316 e. The highest BCUT2D eigenvalue weighted by Gasteiger charge is 2.33. The molecule has 2 rings (SSSR count). The van der Waals surface area contributed by atoms with E-state index in [1.54, 1.807) is 51.1 Å². The van der Waals surface area contributed by atoms with Gasteiger partial charge in [-0.15, -0.1) is 0 Å². The van der Waals surface area contributed by atoms with E-state index in [1.807, 2.05) is 27.7 Å². The van der Waals surface area contributed by atoms with Gasteiger partial charge in [-0.2, -0.15) is 0 Å². The van der Waals surface area contributed by atoms with Crippen LogP contribution in [0.1, 0.15) is 123 Å². The first-order valence-electron chi connectivity index (χ1n) is 14.7. The molecule has 0 bridgehead atoms. The van der Waals surface area contributed by atoms with Crippen molar-refractivity contribution in [2.45, 2.75) is 107 Å². The summed E-state index contributed by atoms with van der Waals surface area (Å²) in [5, 5.41) is 0. The lowest BCUT2D eigenvalue weighted by atomic mass is 9.78. The molecular weight excluding hydrogens is 528 g/mol. The molecule has 6 heteroatoms. The first kappa shape index (κ1) is 34.8. The third kappa shape index (κ3) is 9.04. The van der Waals surface area contributed by atoms with E-state index < -0.39 is 10.8 Å². The number of carbonyl (C=O) groups excluding carboxylic acids is 3. The highest BCUT2D eigenvalue weighted by Crippen LogP contribution is 2.46. The molecule has 42 heavy (non-hydrogen) atoms. The van der Waals surface area contributed by atoms with E-state index in [9.17, 15) is 14.4 Å². The maximum absolute atomic E-state index is 13.3. The first-order chi connectivity index (χ1) is 19.1. The molecule has 0 unspecified atom stereocenters. The van der Waals surface area contributed by atoms with E-state index in [-0.39, 0.29) is 28.6 Å². The van der Waals surface area contributed by atoms with Crippen LogP contribution < -0.4 is 14.2 Å². The standard InChI is InChI=1S/C36H50O6/c1-14-21-40-29-25(19-20-28(37)23-15-17-24(18-16-23)41-31(38)35(8,9)10)30(42-32(39)36(11,12)13)27(34(5,6)7)22-26(29)33(2,3)4/h15-20,22H,14,21H2,1-13H3. The lowest BCUT2D eigenvalue weighted by Gasteiger charge is -2.32. The molecule has 0 aliphatic rings. The predicted octanol–water partition coefficient (Wildman–Crippen LogP) is 8.87. The van der Waals surface area contributed by atoms with Crippen molar-refractivity contribution < 1.29 is 28.6 Å². The van der Waals surface area contributed by atoms with E-state index in [2.05, 4.69) is 47.6 Å². The summed E-state index contributed by atoms with van der Waals surface area (Å²) < 4.78 is 17.9. The fourth-order valence-corrected chi connectivity index (χ4v) is 3.85. The van der Waals surface area contributed by atoms with Gasteiger partial charge < -0.3 is 14.2 Å². The van der Waals surface area contributed by atoms with Gasteiger partial charge in [-0.3, -0.25) is 14.4 Å². The molecule has 0 atom stereocenters. The molecule has 2 aromatic rings. The number of hydrogen-bond donors (Lipinski definition) is 0. The summed E-state index contributed by atoms with van der Waals surface area (Å²) in [6.07, 6.45) is 3.95. The summed E-state index contributed by atoms with van der Waals surface area (Å²) in [5.74, 6) is 0.384.